The molecule has 0 amide bonds. The maximum absolute atomic E-state index is 14.7. The van der Waals surface area contributed by atoms with Gasteiger partial charge in [0.1, 0.15) is 11.9 Å². The third-order valence-electron chi connectivity index (χ3n) is 6.50. The van der Waals surface area contributed by atoms with E-state index >= 15 is 0 Å². The molecule has 4 rings (SSSR count). The van der Waals surface area contributed by atoms with Crippen molar-refractivity contribution in [3.05, 3.63) is 35.6 Å². The highest BCUT2D eigenvalue weighted by Crippen LogP contribution is 2.68. The first-order valence-electron chi connectivity index (χ1n) is 9.45. The van der Waals surface area contributed by atoms with Crippen LogP contribution in [0.15, 0.2) is 24.3 Å². The molecule has 4 unspecified atom stereocenters. The van der Waals surface area contributed by atoms with Crippen molar-refractivity contribution in [3.8, 4) is 18.2 Å². The van der Waals surface area contributed by atoms with Gasteiger partial charge in [-0.05, 0) is 18.9 Å². The SMILES string of the molecule is N#CC1(C#N)C(c2ccccc2F)OC23CCCCCCC2C1(C#N)C(=N)O3. The molecule has 4 atom stereocenters. The zero-order valence-corrected chi connectivity index (χ0v) is 15.2. The first-order valence-corrected chi connectivity index (χ1v) is 9.45. The van der Waals surface area contributed by atoms with Gasteiger partial charge in [-0.1, -0.05) is 37.5 Å². The molecule has 0 spiro atoms. The second-order valence-electron chi connectivity index (χ2n) is 7.72. The molecule has 142 valence electrons. The molecule has 1 saturated carbocycles. The Morgan fingerprint density at radius 2 is 1.75 bits per heavy atom. The Hall–Kier alpha value is -2.95. The minimum atomic E-state index is -2.09. The summed E-state index contributed by atoms with van der Waals surface area (Å²) in [6.07, 6.45) is 3.08. The number of nitriles is 3. The number of halogens is 1. The summed E-state index contributed by atoms with van der Waals surface area (Å²) in [5.74, 6) is -2.96. The van der Waals surface area contributed by atoms with Crippen LogP contribution in [0.25, 0.3) is 0 Å². The molecule has 3 aliphatic rings. The van der Waals surface area contributed by atoms with E-state index in [0.717, 1.165) is 25.7 Å². The molecule has 1 aromatic carbocycles. The van der Waals surface area contributed by atoms with Gasteiger partial charge in [-0.2, -0.15) is 15.8 Å². The predicted molar refractivity (Wildman–Crippen MR) is 94.7 cm³/mol. The van der Waals surface area contributed by atoms with E-state index in [4.69, 9.17) is 14.9 Å². The molecule has 1 aromatic rings. The van der Waals surface area contributed by atoms with Crippen LogP contribution in [0.3, 0.4) is 0 Å². The number of nitrogens with one attached hydrogen (secondary N) is 1. The standard InChI is InChI=1S/C21H19FN4O2/c22-15-8-5-4-7-14(15)17-19(11-23,12-24)20(13-25)16-9-3-1-2-6-10-21(16,27-17)28-18(20)26/h4-5,7-8,16-17,26H,1-3,6,9-10H2. The summed E-state index contributed by atoms with van der Waals surface area (Å²) in [6.45, 7) is 0. The second kappa shape index (κ2) is 6.30. The molecule has 28 heavy (non-hydrogen) atoms. The van der Waals surface area contributed by atoms with E-state index < -0.39 is 40.4 Å². The number of hydrogen-bond acceptors (Lipinski definition) is 6. The molecule has 1 aliphatic carbocycles. The fourth-order valence-corrected chi connectivity index (χ4v) is 5.18. The second-order valence-corrected chi connectivity index (χ2v) is 7.72. The average molecular weight is 378 g/mol. The highest BCUT2D eigenvalue weighted by atomic mass is 19.1. The van der Waals surface area contributed by atoms with Crippen molar-refractivity contribution in [2.24, 2.45) is 16.7 Å². The Bertz CT molecular complexity index is 944. The van der Waals surface area contributed by atoms with Crippen LogP contribution < -0.4 is 0 Å². The largest absolute Gasteiger partial charge is 0.447 e. The van der Waals surface area contributed by atoms with Crippen LogP contribution in [-0.4, -0.2) is 11.7 Å². The number of nitrogens with zero attached hydrogens (tertiary/aromatic N) is 3. The van der Waals surface area contributed by atoms with Crippen LogP contribution in [-0.2, 0) is 9.47 Å². The summed E-state index contributed by atoms with van der Waals surface area (Å²) in [4.78, 5) is 0. The van der Waals surface area contributed by atoms with E-state index in [1.165, 1.54) is 18.2 Å². The van der Waals surface area contributed by atoms with E-state index in [1.54, 1.807) is 6.07 Å². The van der Waals surface area contributed by atoms with Gasteiger partial charge in [0.25, 0.3) is 0 Å². The van der Waals surface area contributed by atoms with Crippen LogP contribution >= 0.6 is 0 Å². The first kappa shape index (κ1) is 18.4. The fraction of sp³-hybridized carbons (Fsp3) is 0.524. The minimum absolute atomic E-state index is 0.0309. The normalized spacial score (nSPS) is 35.9. The molecule has 2 saturated heterocycles. The van der Waals surface area contributed by atoms with E-state index in [1.807, 2.05) is 12.1 Å². The number of rotatable bonds is 1. The minimum Gasteiger partial charge on any atom is -0.447 e. The summed E-state index contributed by atoms with van der Waals surface area (Å²) in [5.41, 5.74) is -3.87. The summed E-state index contributed by atoms with van der Waals surface area (Å²) in [5, 5.41) is 39.0. The lowest BCUT2D eigenvalue weighted by atomic mass is 9.52. The highest BCUT2D eigenvalue weighted by molar-refractivity contribution is 5.89. The number of ether oxygens (including phenoxy) is 2. The van der Waals surface area contributed by atoms with Crippen molar-refractivity contribution in [2.45, 2.75) is 50.4 Å². The Balaban J connectivity index is 2.01. The van der Waals surface area contributed by atoms with E-state index in [9.17, 15) is 20.2 Å². The Morgan fingerprint density at radius 3 is 2.43 bits per heavy atom. The van der Waals surface area contributed by atoms with Crippen molar-refractivity contribution in [2.75, 3.05) is 0 Å². The van der Waals surface area contributed by atoms with Gasteiger partial charge in [-0.3, -0.25) is 5.41 Å². The molecule has 7 heteroatoms. The van der Waals surface area contributed by atoms with Crippen LogP contribution in [0.4, 0.5) is 4.39 Å². The van der Waals surface area contributed by atoms with Gasteiger partial charge in [-0.25, -0.2) is 4.39 Å². The lowest BCUT2D eigenvalue weighted by molar-refractivity contribution is -0.289. The van der Waals surface area contributed by atoms with Crippen LogP contribution in [0, 0.1) is 62.0 Å². The molecule has 2 bridgehead atoms. The van der Waals surface area contributed by atoms with E-state index in [2.05, 4.69) is 6.07 Å². The molecular formula is C21H19FN4O2. The van der Waals surface area contributed by atoms with Gasteiger partial charge in [0.2, 0.25) is 17.1 Å². The molecule has 3 fully saturated rings. The average Bonchev–Trinajstić information content (AvgIpc) is 2.85. The van der Waals surface area contributed by atoms with Crippen molar-refractivity contribution in [1.82, 2.24) is 0 Å². The van der Waals surface area contributed by atoms with Crippen molar-refractivity contribution >= 4 is 5.90 Å². The summed E-state index contributed by atoms with van der Waals surface area (Å²) < 4.78 is 26.8. The Kier molecular flexibility index (Phi) is 4.14. The van der Waals surface area contributed by atoms with Gasteiger partial charge < -0.3 is 9.47 Å². The first-order chi connectivity index (χ1) is 13.5. The molecular weight excluding hydrogens is 359 g/mol. The quantitative estimate of drug-likeness (QED) is 0.790. The Morgan fingerprint density at radius 1 is 1.04 bits per heavy atom. The van der Waals surface area contributed by atoms with Crippen LogP contribution in [0.1, 0.15) is 50.2 Å². The molecule has 2 aliphatic heterocycles. The monoisotopic (exact) mass is 378 g/mol. The van der Waals surface area contributed by atoms with Crippen LogP contribution in [0.2, 0.25) is 0 Å². The molecule has 0 aromatic heterocycles. The molecule has 6 nitrogen and oxygen atoms in total. The highest BCUT2D eigenvalue weighted by Gasteiger charge is 2.80. The number of benzene rings is 1. The van der Waals surface area contributed by atoms with Gasteiger partial charge in [0.05, 0.1) is 24.1 Å². The third-order valence-corrected chi connectivity index (χ3v) is 6.50. The van der Waals surface area contributed by atoms with Gasteiger partial charge >= 0.3 is 0 Å². The number of hydrogen-bond donors (Lipinski definition) is 1. The smallest absolute Gasteiger partial charge is 0.217 e. The van der Waals surface area contributed by atoms with Crippen LogP contribution in [0.5, 0.6) is 0 Å². The predicted octanol–water partition coefficient (Wildman–Crippen LogP) is 4.11. The lowest BCUT2D eigenvalue weighted by Crippen LogP contribution is -2.59. The fourth-order valence-electron chi connectivity index (χ4n) is 5.18. The molecule has 2 heterocycles. The van der Waals surface area contributed by atoms with Gasteiger partial charge in [-0.15, -0.1) is 0 Å². The van der Waals surface area contributed by atoms with Crippen molar-refractivity contribution in [3.63, 3.8) is 0 Å². The maximum atomic E-state index is 14.7. The third kappa shape index (κ3) is 2.04. The van der Waals surface area contributed by atoms with E-state index in [-0.39, 0.29) is 5.56 Å². The zero-order valence-electron chi connectivity index (χ0n) is 15.2. The maximum Gasteiger partial charge on any atom is 0.217 e. The molecule has 0 radical (unpaired) electrons. The molecule has 1 N–H and O–H groups in total. The Labute approximate surface area is 162 Å². The van der Waals surface area contributed by atoms with Crippen molar-refractivity contribution in [1.29, 1.82) is 21.2 Å². The van der Waals surface area contributed by atoms with Gasteiger partial charge in [0, 0.05) is 12.0 Å². The summed E-state index contributed by atoms with van der Waals surface area (Å²) in [6, 6.07) is 11.8. The zero-order chi connectivity index (χ0) is 20.0. The summed E-state index contributed by atoms with van der Waals surface area (Å²) in [7, 11) is 0. The topological polar surface area (TPSA) is 114 Å². The van der Waals surface area contributed by atoms with E-state index in [0.29, 0.717) is 12.8 Å². The lowest BCUT2D eigenvalue weighted by Gasteiger charge is -2.50. The summed E-state index contributed by atoms with van der Waals surface area (Å²) >= 11 is 0. The van der Waals surface area contributed by atoms with Crippen molar-refractivity contribution < 1.29 is 13.9 Å². The van der Waals surface area contributed by atoms with Gasteiger partial charge in [0.15, 0.2) is 5.41 Å².